The van der Waals surface area contributed by atoms with Crippen molar-refractivity contribution in [2.75, 3.05) is 6.61 Å². The van der Waals surface area contributed by atoms with Gasteiger partial charge in [0.25, 0.3) is 0 Å². The molecule has 0 aromatic heterocycles. The molecule has 4 aliphatic carbocycles. The fourth-order valence-corrected chi connectivity index (χ4v) is 9.27. The van der Waals surface area contributed by atoms with E-state index in [-0.39, 0.29) is 29.6 Å². The van der Waals surface area contributed by atoms with Crippen LogP contribution in [0.25, 0.3) is 0 Å². The summed E-state index contributed by atoms with van der Waals surface area (Å²) in [4.78, 5) is 0. The van der Waals surface area contributed by atoms with Gasteiger partial charge >= 0.3 is 10.4 Å². The first-order valence-corrected chi connectivity index (χ1v) is 13.8. The van der Waals surface area contributed by atoms with Gasteiger partial charge < -0.3 is 10.2 Å². The van der Waals surface area contributed by atoms with Crippen LogP contribution in [-0.4, -0.2) is 42.0 Å². The summed E-state index contributed by atoms with van der Waals surface area (Å²) in [5, 5.41) is 21.5. The molecule has 10 atom stereocenters. The number of aliphatic hydroxyl groups is 2. The van der Waals surface area contributed by atoms with Crippen molar-refractivity contribution in [2.24, 2.45) is 46.3 Å². The van der Waals surface area contributed by atoms with Crippen molar-refractivity contribution in [3.63, 3.8) is 0 Å². The topological polar surface area (TPSA) is 104 Å². The smallest absolute Gasteiger partial charge is 0.393 e. The maximum atomic E-state index is 11.3. The molecule has 0 radical (unpaired) electrons. The third-order valence-electron chi connectivity index (χ3n) is 10.5. The SMILES string of the molecule is C[C@H](CCCOS(=O)(=O)O)[C@H]1CC[C@H]2[C@@H]3[C@H](O)C[C@@H]4C[C@H](O)CC[C@]4(C)[C@H]3CC[C@]12C. The lowest BCUT2D eigenvalue weighted by Crippen LogP contribution is -2.58. The van der Waals surface area contributed by atoms with Crippen LogP contribution in [0, 0.1) is 46.3 Å². The van der Waals surface area contributed by atoms with Crippen LogP contribution >= 0.6 is 0 Å². The van der Waals surface area contributed by atoms with Gasteiger partial charge in [0.2, 0.25) is 0 Å². The van der Waals surface area contributed by atoms with Crippen LogP contribution < -0.4 is 0 Å². The second-order valence-electron chi connectivity index (χ2n) is 11.8. The zero-order chi connectivity index (χ0) is 22.6. The third-order valence-corrected chi connectivity index (χ3v) is 10.9. The van der Waals surface area contributed by atoms with Gasteiger partial charge in [0.05, 0.1) is 18.8 Å². The highest BCUT2D eigenvalue weighted by Gasteiger charge is 2.62. The highest BCUT2D eigenvalue weighted by molar-refractivity contribution is 7.80. The first-order chi connectivity index (χ1) is 14.5. The van der Waals surface area contributed by atoms with E-state index in [0.717, 1.165) is 32.1 Å². The molecular formula is C24H42O6S. The summed E-state index contributed by atoms with van der Waals surface area (Å²) in [6.07, 6.45) is 9.46. The molecule has 0 heterocycles. The van der Waals surface area contributed by atoms with Crippen LogP contribution in [0.15, 0.2) is 0 Å². The van der Waals surface area contributed by atoms with Crippen molar-refractivity contribution in [1.82, 2.24) is 0 Å². The average molecular weight is 459 g/mol. The first kappa shape index (κ1) is 23.9. The Morgan fingerprint density at radius 2 is 1.68 bits per heavy atom. The summed E-state index contributed by atoms with van der Waals surface area (Å²) in [5.41, 5.74) is 0.476. The zero-order valence-electron chi connectivity index (χ0n) is 19.4. The van der Waals surface area contributed by atoms with Crippen LogP contribution in [0.2, 0.25) is 0 Å². The lowest BCUT2D eigenvalue weighted by molar-refractivity contribution is -0.174. The fourth-order valence-electron chi connectivity index (χ4n) is 8.95. The van der Waals surface area contributed by atoms with Gasteiger partial charge in [-0.1, -0.05) is 20.8 Å². The van der Waals surface area contributed by atoms with Crippen LogP contribution in [0.3, 0.4) is 0 Å². The van der Waals surface area contributed by atoms with Crippen LogP contribution in [0.1, 0.15) is 85.0 Å². The Morgan fingerprint density at radius 1 is 1.00 bits per heavy atom. The van der Waals surface area contributed by atoms with Crippen molar-refractivity contribution >= 4 is 10.4 Å². The summed E-state index contributed by atoms with van der Waals surface area (Å²) >= 11 is 0. The quantitative estimate of drug-likeness (QED) is 0.407. The van der Waals surface area contributed by atoms with Crippen LogP contribution in [0.5, 0.6) is 0 Å². The molecule has 7 heteroatoms. The van der Waals surface area contributed by atoms with Crippen molar-refractivity contribution in [1.29, 1.82) is 0 Å². The van der Waals surface area contributed by atoms with E-state index in [4.69, 9.17) is 4.55 Å². The van der Waals surface area contributed by atoms with Gasteiger partial charge in [-0.25, -0.2) is 4.18 Å². The summed E-state index contributed by atoms with van der Waals surface area (Å²) < 4.78 is 34.8. The Labute approximate surface area is 188 Å². The molecule has 0 aromatic carbocycles. The highest BCUT2D eigenvalue weighted by atomic mass is 32.3. The van der Waals surface area contributed by atoms with Crippen molar-refractivity contribution in [3.05, 3.63) is 0 Å². The van der Waals surface area contributed by atoms with E-state index in [0.29, 0.717) is 41.9 Å². The molecule has 0 amide bonds. The van der Waals surface area contributed by atoms with Crippen LogP contribution in [-0.2, 0) is 14.6 Å². The van der Waals surface area contributed by atoms with Gasteiger partial charge in [-0.15, -0.1) is 0 Å². The first-order valence-electron chi connectivity index (χ1n) is 12.4. The lowest BCUT2D eigenvalue weighted by atomic mass is 9.43. The number of rotatable bonds is 6. The molecule has 0 spiro atoms. The number of fused-ring (bicyclic) bond motifs is 5. The summed E-state index contributed by atoms with van der Waals surface area (Å²) in [7, 11) is -4.35. The molecule has 4 saturated carbocycles. The molecule has 4 aliphatic rings. The van der Waals surface area contributed by atoms with Gasteiger partial charge in [0.15, 0.2) is 0 Å². The predicted octanol–water partition coefficient (Wildman–Crippen LogP) is 4.21. The van der Waals surface area contributed by atoms with Gasteiger partial charge in [-0.2, -0.15) is 8.42 Å². The lowest BCUT2D eigenvalue weighted by Gasteiger charge is -2.62. The molecule has 180 valence electrons. The molecule has 0 aromatic rings. The summed E-state index contributed by atoms with van der Waals surface area (Å²) in [6.45, 7) is 7.20. The fraction of sp³-hybridized carbons (Fsp3) is 1.00. The normalized spacial score (nSPS) is 48.5. The monoisotopic (exact) mass is 458 g/mol. The number of hydrogen-bond acceptors (Lipinski definition) is 5. The molecule has 31 heavy (non-hydrogen) atoms. The van der Waals surface area contributed by atoms with Crippen molar-refractivity contribution in [3.8, 4) is 0 Å². The van der Waals surface area contributed by atoms with E-state index >= 15 is 0 Å². The minimum Gasteiger partial charge on any atom is -0.393 e. The van der Waals surface area contributed by atoms with E-state index < -0.39 is 10.4 Å². The van der Waals surface area contributed by atoms with Crippen LogP contribution in [0.4, 0.5) is 0 Å². The summed E-state index contributed by atoms with van der Waals surface area (Å²) in [6, 6.07) is 0. The molecule has 6 nitrogen and oxygen atoms in total. The maximum Gasteiger partial charge on any atom is 0.397 e. The van der Waals surface area contributed by atoms with E-state index in [9.17, 15) is 18.6 Å². The third kappa shape index (κ3) is 4.34. The molecule has 3 N–H and O–H groups in total. The largest absolute Gasteiger partial charge is 0.397 e. The summed E-state index contributed by atoms with van der Waals surface area (Å²) in [5.74, 6) is 2.96. The Hall–Kier alpha value is -0.210. The molecule has 0 saturated heterocycles. The minimum atomic E-state index is -4.35. The number of aliphatic hydroxyl groups excluding tert-OH is 2. The predicted molar refractivity (Wildman–Crippen MR) is 119 cm³/mol. The molecule has 4 fully saturated rings. The van der Waals surface area contributed by atoms with E-state index in [1.54, 1.807) is 0 Å². The van der Waals surface area contributed by atoms with Gasteiger partial charge in [-0.3, -0.25) is 4.55 Å². The second-order valence-corrected chi connectivity index (χ2v) is 12.9. The van der Waals surface area contributed by atoms with Gasteiger partial charge in [-0.05, 0) is 111 Å². The molecule has 0 bridgehead atoms. The zero-order valence-corrected chi connectivity index (χ0v) is 20.2. The van der Waals surface area contributed by atoms with Crippen molar-refractivity contribution < 1.29 is 27.4 Å². The van der Waals surface area contributed by atoms with E-state index in [2.05, 4.69) is 25.0 Å². The van der Waals surface area contributed by atoms with Crippen molar-refractivity contribution in [2.45, 2.75) is 97.2 Å². The van der Waals surface area contributed by atoms with Gasteiger partial charge in [0, 0.05) is 0 Å². The van der Waals surface area contributed by atoms with E-state index in [1.807, 2.05) is 0 Å². The minimum absolute atomic E-state index is 0.0328. The second kappa shape index (κ2) is 8.53. The Bertz CT molecular complexity index is 755. The Kier molecular flexibility index (Phi) is 6.59. The maximum absolute atomic E-state index is 11.3. The van der Waals surface area contributed by atoms with E-state index in [1.165, 1.54) is 25.7 Å². The molecular weight excluding hydrogens is 416 g/mol. The molecule has 0 aliphatic heterocycles. The Balaban J connectivity index is 1.45. The average Bonchev–Trinajstić information content (AvgIpc) is 3.03. The highest BCUT2D eigenvalue weighted by Crippen LogP contribution is 2.68. The van der Waals surface area contributed by atoms with Gasteiger partial charge in [0.1, 0.15) is 0 Å². The molecule has 4 rings (SSSR count). The standard InChI is InChI=1S/C24H42O6S/c1-15(5-4-12-30-31(27,28)29)18-6-7-19-22-20(9-11-24(18,19)3)23(2)10-8-17(25)13-16(23)14-21(22)26/h15-22,25-26H,4-14H2,1-3H3,(H,27,28,29)/t15-,16+,17-,18-,19+,20+,21-,22+,23+,24-/m1/s1. The number of hydrogen-bond donors (Lipinski definition) is 3. The Morgan fingerprint density at radius 3 is 2.39 bits per heavy atom. The molecule has 0 unspecified atom stereocenters.